The molecule has 1 amide bonds. The van der Waals surface area contributed by atoms with Gasteiger partial charge < -0.3 is 19.5 Å². The van der Waals surface area contributed by atoms with E-state index in [9.17, 15) is 4.79 Å². The Hall–Kier alpha value is -2.69. The number of anilines is 1. The highest BCUT2D eigenvalue weighted by Crippen LogP contribution is 2.30. The van der Waals surface area contributed by atoms with Crippen molar-refractivity contribution in [3.63, 3.8) is 0 Å². The number of hydrogen-bond acceptors (Lipinski definition) is 4. The molecule has 0 aliphatic rings. The number of hydrogen-bond donors (Lipinski definition) is 1. The van der Waals surface area contributed by atoms with Crippen molar-refractivity contribution in [2.45, 2.75) is 40.2 Å². The molecular weight excluding hydrogens is 330 g/mol. The van der Waals surface area contributed by atoms with Gasteiger partial charge in [0.2, 0.25) is 0 Å². The van der Waals surface area contributed by atoms with Crippen molar-refractivity contribution in [2.24, 2.45) is 0 Å². The second-order valence-corrected chi connectivity index (χ2v) is 6.06. The number of ether oxygens (including phenoxy) is 3. The van der Waals surface area contributed by atoms with Crippen LogP contribution < -0.4 is 19.5 Å². The molecular formula is C21H27NO4. The smallest absolute Gasteiger partial charge is 0.255 e. The van der Waals surface area contributed by atoms with Gasteiger partial charge in [-0.2, -0.15) is 0 Å². The lowest BCUT2D eigenvalue weighted by atomic mass is 10.1. The van der Waals surface area contributed by atoms with E-state index in [4.69, 9.17) is 14.2 Å². The molecule has 2 aromatic rings. The molecule has 0 spiro atoms. The summed E-state index contributed by atoms with van der Waals surface area (Å²) >= 11 is 0. The average Bonchev–Trinajstić information content (AvgIpc) is 2.62. The molecule has 5 heteroatoms. The Bertz CT molecular complexity index is 728. The minimum Gasteiger partial charge on any atom is -0.490 e. The minimum atomic E-state index is -0.229. The quantitative estimate of drug-likeness (QED) is 0.692. The van der Waals surface area contributed by atoms with Crippen molar-refractivity contribution < 1.29 is 19.0 Å². The van der Waals surface area contributed by atoms with Crippen molar-refractivity contribution in [3.8, 4) is 17.2 Å². The summed E-state index contributed by atoms with van der Waals surface area (Å²) in [5, 5.41) is 2.90. The lowest BCUT2D eigenvalue weighted by Crippen LogP contribution is -2.15. The molecule has 2 rings (SSSR count). The Balaban J connectivity index is 2.20. The number of para-hydroxylation sites is 2. The molecule has 0 heterocycles. The first-order chi connectivity index (χ1) is 12.5. The predicted octanol–water partition coefficient (Wildman–Crippen LogP) is 4.91. The first kappa shape index (κ1) is 19.6. The topological polar surface area (TPSA) is 56.8 Å². The minimum absolute atomic E-state index is 0.0209. The highest BCUT2D eigenvalue weighted by atomic mass is 16.5. The number of benzene rings is 2. The van der Waals surface area contributed by atoms with Gasteiger partial charge in [-0.05, 0) is 57.5 Å². The number of nitrogens with one attached hydrogen (secondary N) is 1. The van der Waals surface area contributed by atoms with Gasteiger partial charge in [-0.3, -0.25) is 4.79 Å². The van der Waals surface area contributed by atoms with Gasteiger partial charge in [-0.1, -0.05) is 19.1 Å². The van der Waals surface area contributed by atoms with Gasteiger partial charge in [-0.25, -0.2) is 0 Å². The highest BCUT2D eigenvalue weighted by Gasteiger charge is 2.14. The maximum absolute atomic E-state index is 12.7. The first-order valence-electron chi connectivity index (χ1n) is 9.01. The lowest BCUT2D eigenvalue weighted by Gasteiger charge is -2.16. The van der Waals surface area contributed by atoms with Crippen molar-refractivity contribution in [2.75, 3.05) is 18.5 Å². The van der Waals surface area contributed by atoms with Gasteiger partial charge in [0, 0.05) is 5.56 Å². The van der Waals surface area contributed by atoms with Crippen LogP contribution in [0.15, 0.2) is 42.5 Å². The molecule has 0 aromatic heterocycles. The second-order valence-electron chi connectivity index (χ2n) is 6.06. The highest BCUT2D eigenvalue weighted by molar-refractivity contribution is 6.05. The van der Waals surface area contributed by atoms with Gasteiger partial charge in [-0.15, -0.1) is 0 Å². The van der Waals surface area contributed by atoms with E-state index >= 15 is 0 Å². The summed E-state index contributed by atoms with van der Waals surface area (Å²) < 4.78 is 17.0. The fourth-order valence-corrected chi connectivity index (χ4v) is 2.37. The Labute approximate surface area is 155 Å². The Morgan fingerprint density at radius 3 is 2.46 bits per heavy atom. The summed E-state index contributed by atoms with van der Waals surface area (Å²) in [7, 11) is 0. The maximum atomic E-state index is 12.7. The van der Waals surface area contributed by atoms with Crippen LogP contribution >= 0.6 is 0 Å². The number of carbonyl (C=O) groups is 1. The fourth-order valence-electron chi connectivity index (χ4n) is 2.37. The fraction of sp³-hybridized carbons (Fsp3) is 0.381. The van der Waals surface area contributed by atoms with Gasteiger partial charge in [0.05, 0.1) is 25.0 Å². The third-order valence-corrected chi connectivity index (χ3v) is 3.47. The molecule has 0 saturated carbocycles. The van der Waals surface area contributed by atoms with Crippen molar-refractivity contribution in [1.29, 1.82) is 0 Å². The predicted molar refractivity (Wildman–Crippen MR) is 104 cm³/mol. The number of carbonyl (C=O) groups excluding carboxylic acids is 1. The molecule has 0 radical (unpaired) electrons. The van der Waals surface area contributed by atoms with E-state index in [0.717, 1.165) is 6.42 Å². The normalized spacial score (nSPS) is 10.5. The molecule has 140 valence electrons. The zero-order valence-corrected chi connectivity index (χ0v) is 15.9. The summed E-state index contributed by atoms with van der Waals surface area (Å²) in [6, 6.07) is 12.6. The van der Waals surface area contributed by atoms with Crippen LogP contribution in [0.3, 0.4) is 0 Å². The van der Waals surface area contributed by atoms with Crippen LogP contribution in [0.25, 0.3) is 0 Å². The monoisotopic (exact) mass is 357 g/mol. The van der Waals surface area contributed by atoms with E-state index in [1.165, 1.54) is 0 Å². The van der Waals surface area contributed by atoms with E-state index in [1.54, 1.807) is 18.2 Å². The zero-order valence-electron chi connectivity index (χ0n) is 15.9. The average molecular weight is 357 g/mol. The summed E-state index contributed by atoms with van der Waals surface area (Å²) in [5.74, 6) is 1.63. The van der Waals surface area contributed by atoms with Crippen LogP contribution in [-0.2, 0) is 0 Å². The van der Waals surface area contributed by atoms with Crippen molar-refractivity contribution >= 4 is 11.6 Å². The van der Waals surface area contributed by atoms with Gasteiger partial charge in [0.1, 0.15) is 5.75 Å². The van der Waals surface area contributed by atoms with E-state index in [0.29, 0.717) is 41.7 Å². The molecule has 26 heavy (non-hydrogen) atoms. The third kappa shape index (κ3) is 5.41. The summed E-state index contributed by atoms with van der Waals surface area (Å²) in [5.41, 5.74) is 1.13. The van der Waals surface area contributed by atoms with Gasteiger partial charge in [0.15, 0.2) is 11.5 Å². The van der Waals surface area contributed by atoms with E-state index < -0.39 is 0 Å². The molecule has 0 fully saturated rings. The van der Waals surface area contributed by atoms with Crippen molar-refractivity contribution in [1.82, 2.24) is 0 Å². The molecule has 1 N–H and O–H groups in total. The van der Waals surface area contributed by atoms with Crippen LogP contribution in [0.4, 0.5) is 5.69 Å². The SMILES string of the molecule is CCCOc1ccc(C(=O)Nc2ccccc2OC(C)C)cc1OCC. The molecule has 5 nitrogen and oxygen atoms in total. The summed E-state index contributed by atoms with van der Waals surface area (Å²) in [6.45, 7) is 8.93. The van der Waals surface area contributed by atoms with Gasteiger partial charge in [0.25, 0.3) is 5.91 Å². The Morgan fingerprint density at radius 2 is 1.77 bits per heavy atom. The largest absolute Gasteiger partial charge is 0.490 e. The van der Waals surface area contributed by atoms with Crippen LogP contribution in [0, 0.1) is 0 Å². The number of rotatable bonds is 9. The Morgan fingerprint density at radius 1 is 1.00 bits per heavy atom. The van der Waals surface area contributed by atoms with E-state index in [2.05, 4.69) is 5.32 Å². The zero-order chi connectivity index (χ0) is 18.9. The molecule has 0 saturated heterocycles. The van der Waals surface area contributed by atoms with Crippen LogP contribution in [0.1, 0.15) is 44.5 Å². The standard InChI is InChI=1S/C21H27NO4/c1-5-13-25-19-12-11-16(14-20(19)24-6-2)21(23)22-17-9-7-8-10-18(17)26-15(3)4/h7-12,14-15H,5-6,13H2,1-4H3,(H,22,23). The van der Waals surface area contributed by atoms with Crippen LogP contribution in [0.5, 0.6) is 17.2 Å². The van der Waals surface area contributed by atoms with Gasteiger partial charge >= 0.3 is 0 Å². The first-order valence-corrected chi connectivity index (χ1v) is 9.01. The lowest BCUT2D eigenvalue weighted by molar-refractivity contribution is 0.102. The maximum Gasteiger partial charge on any atom is 0.255 e. The molecule has 0 unspecified atom stereocenters. The second kappa shape index (κ2) is 9.70. The molecule has 0 atom stereocenters. The molecule has 2 aromatic carbocycles. The number of amides is 1. The molecule has 0 aliphatic carbocycles. The van der Waals surface area contributed by atoms with Crippen LogP contribution in [0.2, 0.25) is 0 Å². The summed E-state index contributed by atoms with van der Waals surface area (Å²) in [6.07, 6.45) is 0.924. The summed E-state index contributed by atoms with van der Waals surface area (Å²) in [4.78, 5) is 12.7. The van der Waals surface area contributed by atoms with E-state index in [1.807, 2.05) is 52.0 Å². The third-order valence-electron chi connectivity index (χ3n) is 3.47. The van der Waals surface area contributed by atoms with Crippen LogP contribution in [-0.4, -0.2) is 25.2 Å². The molecule has 0 bridgehead atoms. The molecule has 0 aliphatic heterocycles. The Kier molecular flexibility index (Phi) is 7.33. The van der Waals surface area contributed by atoms with E-state index in [-0.39, 0.29) is 12.0 Å². The van der Waals surface area contributed by atoms with Crippen molar-refractivity contribution in [3.05, 3.63) is 48.0 Å².